The van der Waals surface area contributed by atoms with Crippen molar-refractivity contribution < 1.29 is 9.53 Å². The van der Waals surface area contributed by atoms with E-state index in [4.69, 9.17) is 16.3 Å². The van der Waals surface area contributed by atoms with E-state index in [9.17, 15) is 4.79 Å². The van der Waals surface area contributed by atoms with Gasteiger partial charge in [-0.3, -0.25) is 9.69 Å². The largest absolute Gasteiger partial charge is 0.484 e. The molecule has 1 fully saturated rings. The molecule has 160 valence electrons. The van der Waals surface area contributed by atoms with Crippen LogP contribution in [0.25, 0.3) is 0 Å². The highest BCUT2D eigenvalue weighted by atomic mass is 35.5. The summed E-state index contributed by atoms with van der Waals surface area (Å²) in [6, 6.07) is 8.23. The molecule has 1 unspecified atom stereocenters. The fourth-order valence-corrected chi connectivity index (χ4v) is 4.67. The van der Waals surface area contributed by atoms with Crippen molar-refractivity contribution in [2.75, 3.05) is 26.2 Å². The maximum atomic E-state index is 12.4. The standard InChI is InChI=1S/C22H29ClN2O2S.ClH/c1-16-12-18(13-17(2)22(16)23)27-15-21(26)24-14-19(20-8-7-11-28-20)25-9-5-3-4-6-10-25;/h7-8,11-13,19H,3-6,9-10,14-15H2,1-2H3,(H,24,26);1H. The average molecular weight is 457 g/mol. The van der Waals surface area contributed by atoms with Crippen LogP contribution in [0.3, 0.4) is 0 Å². The van der Waals surface area contributed by atoms with Crippen molar-refractivity contribution in [3.63, 3.8) is 0 Å². The maximum Gasteiger partial charge on any atom is 0.258 e. The van der Waals surface area contributed by atoms with Gasteiger partial charge in [0.25, 0.3) is 5.91 Å². The van der Waals surface area contributed by atoms with Crippen molar-refractivity contribution in [2.45, 2.75) is 45.6 Å². The van der Waals surface area contributed by atoms with Crippen LogP contribution < -0.4 is 10.1 Å². The molecule has 0 bridgehead atoms. The Morgan fingerprint density at radius 3 is 2.45 bits per heavy atom. The molecule has 0 aliphatic carbocycles. The first kappa shape index (κ1) is 24.0. The van der Waals surface area contributed by atoms with E-state index in [2.05, 4.69) is 27.7 Å². The molecule has 1 aliphatic heterocycles. The van der Waals surface area contributed by atoms with Crippen molar-refractivity contribution >= 4 is 41.3 Å². The van der Waals surface area contributed by atoms with Crippen molar-refractivity contribution in [2.24, 2.45) is 0 Å². The normalized spacial score (nSPS) is 15.8. The smallest absolute Gasteiger partial charge is 0.258 e. The highest BCUT2D eigenvalue weighted by molar-refractivity contribution is 7.10. The molecule has 3 rings (SSSR count). The Hall–Kier alpha value is -1.27. The van der Waals surface area contributed by atoms with Crippen molar-refractivity contribution in [1.82, 2.24) is 10.2 Å². The Morgan fingerprint density at radius 2 is 1.86 bits per heavy atom. The topological polar surface area (TPSA) is 41.6 Å². The molecule has 0 radical (unpaired) electrons. The van der Waals surface area contributed by atoms with Crippen LogP contribution in [0, 0.1) is 13.8 Å². The van der Waals surface area contributed by atoms with Crippen LogP contribution >= 0.6 is 35.3 Å². The van der Waals surface area contributed by atoms with Gasteiger partial charge in [0.1, 0.15) is 5.75 Å². The molecule has 1 saturated heterocycles. The number of carbonyl (C=O) groups excluding carboxylic acids is 1. The fourth-order valence-electron chi connectivity index (χ4n) is 3.70. The Bertz CT molecular complexity index is 752. The minimum Gasteiger partial charge on any atom is -0.484 e. The van der Waals surface area contributed by atoms with E-state index in [1.807, 2.05) is 26.0 Å². The van der Waals surface area contributed by atoms with Crippen molar-refractivity contribution in [1.29, 1.82) is 0 Å². The number of rotatable bonds is 7. The number of likely N-dealkylation sites (tertiary alicyclic amines) is 1. The number of thiophene rings is 1. The Labute approximate surface area is 189 Å². The molecule has 7 heteroatoms. The SMILES string of the molecule is Cc1cc(OCC(=O)NCC(c2cccs2)N2CCCCCC2)cc(C)c1Cl.Cl. The van der Waals surface area contributed by atoms with E-state index < -0.39 is 0 Å². The Kier molecular flexibility index (Phi) is 9.76. The minimum atomic E-state index is -0.0957. The van der Waals surface area contributed by atoms with Crippen molar-refractivity contribution in [3.05, 3.63) is 50.7 Å². The van der Waals surface area contributed by atoms with E-state index in [0.717, 1.165) is 29.2 Å². The van der Waals surface area contributed by atoms with Gasteiger partial charge < -0.3 is 10.1 Å². The average Bonchev–Trinajstić information content (AvgIpc) is 3.07. The number of ether oxygens (including phenoxy) is 1. The van der Waals surface area contributed by atoms with Gasteiger partial charge in [-0.15, -0.1) is 23.7 Å². The highest BCUT2D eigenvalue weighted by Crippen LogP contribution is 2.28. The molecule has 4 nitrogen and oxygen atoms in total. The summed E-state index contributed by atoms with van der Waals surface area (Å²) >= 11 is 7.95. The van der Waals surface area contributed by atoms with Gasteiger partial charge in [0, 0.05) is 16.4 Å². The lowest BCUT2D eigenvalue weighted by atomic mass is 10.1. The lowest BCUT2D eigenvalue weighted by molar-refractivity contribution is -0.123. The van der Waals surface area contributed by atoms with Gasteiger partial charge in [-0.25, -0.2) is 0 Å². The quantitative estimate of drug-likeness (QED) is 0.593. The number of carbonyl (C=O) groups is 1. The van der Waals surface area contributed by atoms with Gasteiger partial charge in [-0.1, -0.05) is 30.5 Å². The van der Waals surface area contributed by atoms with E-state index in [-0.39, 0.29) is 31.0 Å². The van der Waals surface area contributed by atoms with Crippen LogP contribution in [0.5, 0.6) is 5.75 Å². The minimum absolute atomic E-state index is 0. The molecular weight excluding hydrogens is 427 g/mol. The van der Waals surface area contributed by atoms with E-state index in [1.165, 1.54) is 30.6 Å². The second-order valence-corrected chi connectivity index (χ2v) is 8.80. The van der Waals surface area contributed by atoms with Gasteiger partial charge in [-0.05, 0) is 74.5 Å². The van der Waals surface area contributed by atoms with Gasteiger partial charge in [0.05, 0.1) is 6.04 Å². The zero-order valence-electron chi connectivity index (χ0n) is 17.1. The molecule has 1 N–H and O–H groups in total. The van der Waals surface area contributed by atoms with Crippen LogP contribution in [-0.4, -0.2) is 37.0 Å². The van der Waals surface area contributed by atoms with E-state index in [0.29, 0.717) is 12.3 Å². The summed E-state index contributed by atoms with van der Waals surface area (Å²) < 4.78 is 5.69. The number of hydrogen-bond donors (Lipinski definition) is 1. The molecular formula is C22H30Cl2N2O2S. The van der Waals surface area contributed by atoms with Crippen LogP contribution in [0.15, 0.2) is 29.6 Å². The molecule has 0 spiro atoms. The molecule has 1 aromatic heterocycles. The first-order valence-electron chi connectivity index (χ1n) is 9.98. The summed E-state index contributed by atoms with van der Waals surface area (Å²) in [5.74, 6) is 0.582. The number of aryl methyl sites for hydroxylation is 2. The van der Waals surface area contributed by atoms with Crippen LogP contribution in [0.2, 0.25) is 5.02 Å². The molecule has 29 heavy (non-hydrogen) atoms. The predicted octanol–water partition coefficient (Wildman–Crippen LogP) is 5.55. The molecule has 1 aliphatic rings. The third kappa shape index (κ3) is 6.88. The molecule has 0 saturated carbocycles. The number of hydrogen-bond acceptors (Lipinski definition) is 4. The second kappa shape index (κ2) is 11.8. The Morgan fingerprint density at radius 1 is 1.21 bits per heavy atom. The van der Waals surface area contributed by atoms with Gasteiger partial charge in [-0.2, -0.15) is 0 Å². The predicted molar refractivity (Wildman–Crippen MR) is 124 cm³/mol. The zero-order valence-corrected chi connectivity index (χ0v) is 19.5. The molecule has 1 atom stereocenters. The van der Waals surface area contributed by atoms with Gasteiger partial charge in [0.2, 0.25) is 0 Å². The maximum absolute atomic E-state index is 12.4. The lowest BCUT2D eigenvalue weighted by Gasteiger charge is -2.30. The van der Waals surface area contributed by atoms with Gasteiger partial charge >= 0.3 is 0 Å². The number of nitrogens with zero attached hydrogens (tertiary/aromatic N) is 1. The molecule has 1 amide bonds. The molecule has 1 aromatic carbocycles. The number of halogens is 2. The highest BCUT2D eigenvalue weighted by Gasteiger charge is 2.23. The first-order valence-corrected chi connectivity index (χ1v) is 11.2. The summed E-state index contributed by atoms with van der Waals surface area (Å²) in [4.78, 5) is 16.2. The van der Waals surface area contributed by atoms with Gasteiger partial charge in [0.15, 0.2) is 6.61 Å². The fraction of sp³-hybridized carbons (Fsp3) is 0.500. The third-order valence-corrected chi connectivity index (χ3v) is 6.80. The zero-order chi connectivity index (χ0) is 19.9. The Balaban J connectivity index is 0.00000300. The lowest BCUT2D eigenvalue weighted by Crippen LogP contribution is -2.39. The molecule has 2 aromatic rings. The third-order valence-electron chi connectivity index (χ3n) is 5.23. The molecule has 2 heterocycles. The second-order valence-electron chi connectivity index (χ2n) is 7.45. The van der Waals surface area contributed by atoms with Crippen molar-refractivity contribution in [3.8, 4) is 5.75 Å². The summed E-state index contributed by atoms with van der Waals surface area (Å²) in [7, 11) is 0. The summed E-state index contributed by atoms with van der Waals surface area (Å²) in [5, 5.41) is 5.93. The summed E-state index contributed by atoms with van der Waals surface area (Å²) in [5.41, 5.74) is 1.91. The van der Waals surface area contributed by atoms with E-state index >= 15 is 0 Å². The summed E-state index contributed by atoms with van der Waals surface area (Å²) in [6.45, 7) is 6.69. The monoisotopic (exact) mass is 456 g/mol. The number of nitrogens with one attached hydrogen (secondary N) is 1. The first-order chi connectivity index (χ1) is 13.5. The van der Waals surface area contributed by atoms with Crippen LogP contribution in [-0.2, 0) is 4.79 Å². The summed E-state index contributed by atoms with van der Waals surface area (Å²) in [6.07, 6.45) is 5.06. The van der Waals surface area contributed by atoms with Crippen LogP contribution in [0.1, 0.15) is 47.7 Å². The number of amides is 1. The number of benzene rings is 1. The van der Waals surface area contributed by atoms with E-state index in [1.54, 1.807) is 11.3 Å². The van der Waals surface area contributed by atoms with Crippen LogP contribution in [0.4, 0.5) is 0 Å².